The zero-order valence-electron chi connectivity index (χ0n) is 13.4. The van der Waals surface area contributed by atoms with Crippen molar-refractivity contribution in [2.75, 3.05) is 25.5 Å². The molecular formula is C15H15F2N3O5. The Labute approximate surface area is 141 Å². The summed E-state index contributed by atoms with van der Waals surface area (Å²) in [6, 6.07) is 2.12. The average Bonchev–Trinajstić information content (AvgIpc) is 2.77. The molecule has 1 aliphatic heterocycles. The Kier molecular flexibility index (Phi) is 5.30. The van der Waals surface area contributed by atoms with Crippen molar-refractivity contribution in [2.24, 2.45) is 0 Å². The van der Waals surface area contributed by atoms with E-state index in [-0.39, 0.29) is 12.2 Å². The molecule has 134 valence electrons. The second kappa shape index (κ2) is 7.24. The molecule has 0 spiro atoms. The van der Waals surface area contributed by atoms with E-state index in [1.807, 2.05) is 0 Å². The van der Waals surface area contributed by atoms with E-state index in [2.05, 4.69) is 5.32 Å². The fraction of sp³-hybridized carbons (Fsp3) is 0.333. The van der Waals surface area contributed by atoms with Gasteiger partial charge in [-0.2, -0.15) is 0 Å². The molecule has 1 atom stereocenters. The summed E-state index contributed by atoms with van der Waals surface area (Å²) in [6.45, 7) is 0.496. The van der Waals surface area contributed by atoms with E-state index in [9.17, 15) is 28.0 Å². The third kappa shape index (κ3) is 4.28. The quantitative estimate of drug-likeness (QED) is 0.620. The number of benzene rings is 1. The highest BCUT2D eigenvalue weighted by atomic mass is 19.2. The Hall–Kier alpha value is -3.04. The molecule has 0 radical (unpaired) electrons. The van der Waals surface area contributed by atoms with E-state index in [4.69, 9.17) is 4.74 Å². The summed E-state index contributed by atoms with van der Waals surface area (Å²) in [4.78, 5) is 48.7. The highest BCUT2D eigenvalue weighted by molar-refractivity contribution is 6.04. The summed E-state index contributed by atoms with van der Waals surface area (Å²) < 4.78 is 30.8. The van der Waals surface area contributed by atoms with Crippen molar-refractivity contribution in [1.82, 2.24) is 9.80 Å². The zero-order chi connectivity index (χ0) is 18.7. The molecule has 10 heteroatoms. The average molecular weight is 355 g/mol. The van der Waals surface area contributed by atoms with E-state index in [0.29, 0.717) is 4.90 Å². The summed E-state index contributed by atoms with van der Waals surface area (Å²) in [5, 5.41) is 2.25. The first-order chi connectivity index (χ1) is 11.7. The Balaban J connectivity index is 1.89. The van der Waals surface area contributed by atoms with Gasteiger partial charge in [0.2, 0.25) is 0 Å². The fourth-order valence-electron chi connectivity index (χ4n) is 2.06. The SMILES string of the molecule is C[C@@H](OC(=O)CN1C(=O)CN(C)C1=O)C(=O)Nc1ccc(F)c(F)c1. The van der Waals surface area contributed by atoms with Crippen molar-refractivity contribution in [3.63, 3.8) is 0 Å². The second-order valence-corrected chi connectivity index (χ2v) is 5.37. The second-order valence-electron chi connectivity index (χ2n) is 5.37. The van der Waals surface area contributed by atoms with Gasteiger partial charge in [0, 0.05) is 18.8 Å². The van der Waals surface area contributed by atoms with Crippen LogP contribution >= 0.6 is 0 Å². The van der Waals surface area contributed by atoms with Gasteiger partial charge in [0.05, 0.1) is 0 Å². The van der Waals surface area contributed by atoms with Crippen LogP contribution in [-0.2, 0) is 19.1 Å². The van der Waals surface area contributed by atoms with Crippen LogP contribution in [0.25, 0.3) is 0 Å². The molecule has 8 nitrogen and oxygen atoms in total. The first-order valence-corrected chi connectivity index (χ1v) is 7.20. The molecule has 0 unspecified atom stereocenters. The van der Waals surface area contributed by atoms with E-state index < -0.39 is 48.1 Å². The van der Waals surface area contributed by atoms with Crippen molar-refractivity contribution < 1.29 is 32.7 Å². The minimum atomic E-state index is -1.27. The maximum atomic E-state index is 13.1. The molecule has 0 bridgehead atoms. The third-order valence-corrected chi connectivity index (χ3v) is 3.38. The minimum Gasteiger partial charge on any atom is -0.451 e. The van der Waals surface area contributed by atoms with Crippen LogP contribution in [0, 0.1) is 11.6 Å². The van der Waals surface area contributed by atoms with Gasteiger partial charge < -0.3 is 15.0 Å². The van der Waals surface area contributed by atoms with Gasteiger partial charge in [-0.1, -0.05) is 0 Å². The molecule has 1 heterocycles. The molecule has 1 saturated heterocycles. The van der Waals surface area contributed by atoms with E-state index in [1.165, 1.54) is 14.0 Å². The predicted octanol–water partition coefficient (Wildman–Crippen LogP) is 0.729. The molecule has 1 N–H and O–H groups in total. The van der Waals surface area contributed by atoms with Gasteiger partial charge in [-0.05, 0) is 19.1 Å². The van der Waals surface area contributed by atoms with Crippen molar-refractivity contribution in [2.45, 2.75) is 13.0 Å². The van der Waals surface area contributed by atoms with Crippen LogP contribution in [-0.4, -0.2) is 59.9 Å². The Bertz CT molecular complexity index is 740. The predicted molar refractivity (Wildman–Crippen MR) is 80.3 cm³/mol. The lowest BCUT2D eigenvalue weighted by molar-refractivity contribution is -0.154. The molecule has 1 aromatic carbocycles. The fourth-order valence-corrected chi connectivity index (χ4v) is 2.06. The molecule has 0 aliphatic carbocycles. The van der Waals surface area contributed by atoms with Gasteiger partial charge in [-0.25, -0.2) is 13.6 Å². The van der Waals surface area contributed by atoms with Crippen LogP contribution in [0.3, 0.4) is 0 Å². The number of ether oxygens (including phenoxy) is 1. The number of imide groups is 1. The number of nitrogens with zero attached hydrogens (tertiary/aromatic N) is 2. The maximum absolute atomic E-state index is 13.1. The highest BCUT2D eigenvalue weighted by Gasteiger charge is 2.35. The van der Waals surface area contributed by atoms with Crippen molar-refractivity contribution >= 4 is 29.5 Å². The summed E-state index contributed by atoms with van der Waals surface area (Å²) in [5.74, 6) is -4.50. The van der Waals surface area contributed by atoms with Gasteiger partial charge in [-0.3, -0.25) is 19.3 Å². The van der Waals surface area contributed by atoms with Gasteiger partial charge in [0.25, 0.3) is 11.8 Å². The number of carbonyl (C=O) groups excluding carboxylic acids is 4. The van der Waals surface area contributed by atoms with E-state index in [1.54, 1.807) is 0 Å². The molecule has 2 rings (SSSR count). The summed E-state index contributed by atoms with van der Waals surface area (Å²) in [6.07, 6.45) is -1.27. The Morgan fingerprint density at radius 1 is 1.28 bits per heavy atom. The topological polar surface area (TPSA) is 96.0 Å². The number of anilines is 1. The standard InChI is InChI=1S/C15H15F2N3O5/c1-8(14(23)18-9-3-4-10(16)11(17)5-9)25-13(22)7-20-12(21)6-19(2)15(20)24/h3-5,8H,6-7H2,1-2H3,(H,18,23)/t8-/m1/s1. The number of halogens is 2. The molecule has 0 saturated carbocycles. The molecular weight excluding hydrogens is 340 g/mol. The van der Waals surface area contributed by atoms with Gasteiger partial charge in [0.1, 0.15) is 13.1 Å². The summed E-state index contributed by atoms with van der Waals surface area (Å²) in [7, 11) is 1.41. The number of esters is 1. The smallest absolute Gasteiger partial charge is 0.327 e. The Morgan fingerprint density at radius 3 is 2.52 bits per heavy atom. The first kappa shape index (κ1) is 18.3. The van der Waals surface area contributed by atoms with Gasteiger partial charge >= 0.3 is 12.0 Å². The number of likely N-dealkylation sites (N-methyl/N-ethyl adjacent to an activating group) is 1. The van der Waals surface area contributed by atoms with Crippen LogP contribution in [0.5, 0.6) is 0 Å². The van der Waals surface area contributed by atoms with Crippen molar-refractivity contribution in [1.29, 1.82) is 0 Å². The molecule has 1 aliphatic rings. The number of nitrogens with one attached hydrogen (secondary N) is 1. The maximum Gasteiger partial charge on any atom is 0.327 e. The van der Waals surface area contributed by atoms with Crippen LogP contribution in [0.1, 0.15) is 6.92 Å². The van der Waals surface area contributed by atoms with Gasteiger partial charge in [0.15, 0.2) is 17.7 Å². The highest BCUT2D eigenvalue weighted by Crippen LogP contribution is 2.14. The third-order valence-electron chi connectivity index (χ3n) is 3.38. The molecule has 1 aromatic rings. The first-order valence-electron chi connectivity index (χ1n) is 7.20. The number of rotatable bonds is 5. The lowest BCUT2D eigenvalue weighted by atomic mass is 10.3. The van der Waals surface area contributed by atoms with E-state index in [0.717, 1.165) is 23.1 Å². The molecule has 4 amide bonds. The molecule has 0 aromatic heterocycles. The largest absolute Gasteiger partial charge is 0.451 e. The van der Waals surface area contributed by atoms with Crippen molar-refractivity contribution in [3.05, 3.63) is 29.8 Å². The Morgan fingerprint density at radius 2 is 1.96 bits per heavy atom. The number of carbonyl (C=O) groups is 4. The lowest BCUT2D eigenvalue weighted by Crippen LogP contribution is -2.39. The summed E-state index contributed by atoms with van der Waals surface area (Å²) in [5.41, 5.74) is -0.0154. The zero-order valence-corrected chi connectivity index (χ0v) is 13.4. The van der Waals surface area contributed by atoms with Gasteiger partial charge in [-0.15, -0.1) is 0 Å². The monoisotopic (exact) mass is 355 g/mol. The summed E-state index contributed by atoms with van der Waals surface area (Å²) >= 11 is 0. The number of amides is 4. The number of hydrogen-bond donors (Lipinski definition) is 1. The van der Waals surface area contributed by atoms with Crippen LogP contribution in [0.2, 0.25) is 0 Å². The molecule has 1 fully saturated rings. The van der Waals surface area contributed by atoms with Crippen LogP contribution in [0.4, 0.5) is 19.3 Å². The van der Waals surface area contributed by atoms with Crippen molar-refractivity contribution in [3.8, 4) is 0 Å². The normalized spacial score (nSPS) is 15.4. The van der Waals surface area contributed by atoms with Crippen LogP contribution in [0.15, 0.2) is 18.2 Å². The van der Waals surface area contributed by atoms with E-state index >= 15 is 0 Å². The number of urea groups is 1. The van der Waals surface area contributed by atoms with Crippen LogP contribution < -0.4 is 5.32 Å². The lowest BCUT2D eigenvalue weighted by Gasteiger charge is -2.16. The minimum absolute atomic E-state index is 0.0154. The molecule has 25 heavy (non-hydrogen) atoms. The number of hydrogen-bond acceptors (Lipinski definition) is 5.